The summed E-state index contributed by atoms with van der Waals surface area (Å²) in [4.78, 5) is 28.6. The van der Waals surface area contributed by atoms with Crippen LogP contribution < -0.4 is 19.1 Å². The van der Waals surface area contributed by atoms with Gasteiger partial charge in [-0.3, -0.25) is 14.5 Å². The van der Waals surface area contributed by atoms with Crippen LogP contribution in [0.15, 0.2) is 66.2 Å². The first-order chi connectivity index (χ1) is 18.7. The number of amides is 1. The van der Waals surface area contributed by atoms with Gasteiger partial charge in [0.25, 0.3) is 11.7 Å². The summed E-state index contributed by atoms with van der Waals surface area (Å²) in [5.74, 6) is 0.315. The average Bonchev–Trinajstić information content (AvgIpc) is 3.19. The Hall–Kier alpha value is -4.26. The van der Waals surface area contributed by atoms with Crippen LogP contribution in [-0.4, -0.2) is 37.1 Å². The molecule has 7 heteroatoms. The number of rotatable bonds is 9. The highest BCUT2D eigenvalue weighted by Crippen LogP contribution is 2.45. The van der Waals surface area contributed by atoms with Crippen LogP contribution in [0.1, 0.15) is 49.1 Å². The van der Waals surface area contributed by atoms with Gasteiger partial charge in [-0.2, -0.15) is 0 Å². The molecule has 7 nitrogen and oxygen atoms in total. The Labute approximate surface area is 229 Å². The normalized spacial score (nSPS) is 16.6. The molecule has 3 aromatic carbocycles. The minimum absolute atomic E-state index is 0.00405. The predicted octanol–water partition coefficient (Wildman–Crippen LogP) is 6.37. The lowest BCUT2D eigenvalue weighted by Crippen LogP contribution is -2.30. The third-order valence-electron chi connectivity index (χ3n) is 6.79. The van der Waals surface area contributed by atoms with E-state index in [0.717, 1.165) is 11.1 Å². The zero-order valence-corrected chi connectivity index (χ0v) is 23.3. The van der Waals surface area contributed by atoms with E-state index in [0.29, 0.717) is 53.2 Å². The standard InChI is InChI=1S/C32H35NO6/c1-7-38-27-17-23(13-16-26(27)37-6)29-28(30(34)22-11-14-24(15-12-22)39-18-19(2)3)31(35)32(36)33(29)25-10-8-9-20(4)21(25)5/h8-17,19,29,34H,7,18H2,1-6H3/b30-28+. The number of ether oxygens (including phenoxy) is 3. The molecule has 0 aromatic heterocycles. The SMILES string of the molecule is CCOc1cc(C2/C(=C(\O)c3ccc(OCC(C)C)cc3)C(=O)C(=O)N2c2cccc(C)c2C)ccc1OC. The minimum atomic E-state index is -0.882. The molecule has 1 saturated heterocycles. The number of Topliss-reactive ketones (excluding diaryl/α,β-unsaturated/α-hetero) is 1. The molecule has 1 heterocycles. The van der Waals surface area contributed by atoms with Crippen molar-refractivity contribution >= 4 is 23.1 Å². The van der Waals surface area contributed by atoms with Crippen molar-refractivity contribution in [2.45, 2.75) is 40.7 Å². The number of carbonyl (C=O) groups is 2. The summed E-state index contributed by atoms with van der Waals surface area (Å²) in [5, 5.41) is 11.5. The first-order valence-electron chi connectivity index (χ1n) is 13.1. The zero-order valence-electron chi connectivity index (χ0n) is 23.3. The highest BCUT2D eigenvalue weighted by Gasteiger charge is 2.47. The van der Waals surface area contributed by atoms with Gasteiger partial charge in [0.2, 0.25) is 0 Å². The number of carbonyl (C=O) groups excluding carboxylic acids is 2. The Balaban J connectivity index is 1.90. The molecular weight excluding hydrogens is 494 g/mol. The van der Waals surface area contributed by atoms with Gasteiger partial charge in [-0.05, 0) is 85.8 Å². The van der Waals surface area contributed by atoms with Crippen LogP contribution >= 0.6 is 0 Å². The van der Waals surface area contributed by atoms with Gasteiger partial charge < -0.3 is 19.3 Å². The van der Waals surface area contributed by atoms with E-state index in [1.54, 1.807) is 49.6 Å². The molecule has 4 rings (SSSR count). The molecular formula is C32H35NO6. The summed E-state index contributed by atoms with van der Waals surface area (Å²) >= 11 is 0. The largest absolute Gasteiger partial charge is 0.507 e. The molecule has 1 aliphatic heterocycles. The molecule has 0 saturated carbocycles. The van der Waals surface area contributed by atoms with Crippen LogP contribution in [0.25, 0.3) is 5.76 Å². The third kappa shape index (κ3) is 5.48. The fourth-order valence-corrected chi connectivity index (χ4v) is 4.65. The van der Waals surface area contributed by atoms with E-state index in [9.17, 15) is 14.7 Å². The minimum Gasteiger partial charge on any atom is -0.507 e. The summed E-state index contributed by atoms with van der Waals surface area (Å²) in [7, 11) is 1.55. The van der Waals surface area contributed by atoms with Gasteiger partial charge in [0.05, 0.1) is 31.9 Å². The van der Waals surface area contributed by atoms with E-state index < -0.39 is 17.7 Å². The second-order valence-corrected chi connectivity index (χ2v) is 9.96. The Morgan fingerprint density at radius 2 is 1.69 bits per heavy atom. The fraction of sp³-hybridized carbons (Fsp3) is 0.312. The van der Waals surface area contributed by atoms with Crippen LogP contribution in [0.4, 0.5) is 5.69 Å². The Kier molecular flexibility index (Phi) is 8.29. The van der Waals surface area contributed by atoms with Crippen molar-refractivity contribution in [2.24, 2.45) is 5.92 Å². The highest BCUT2D eigenvalue weighted by molar-refractivity contribution is 6.51. The van der Waals surface area contributed by atoms with Crippen LogP contribution in [0.3, 0.4) is 0 Å². The Bertz CT molecular complexity index is 1410. The maximum atomic E-state index is 13.6. The van der Waals surface area contributed by atoms with Crippen molar-refractivity contribution in [2.75, 3.05) is 25.2 Å². The number of hydrogen-bond acceptors (Lipinski definition) is 6. The van der Waals surface area contributed by atoms with Crippen molar-refractivity contribution in [3.8, 4) is 17.2 Å². The quantitative estimate of drug-likeness (QED) is 0.197. The van der Waals surface area contributed by atoms with Gasteiger partial charge >= 0.3 is 0 Å². The van der Waals surface area contributed by atoms with E-state index >= 15 is 0 Å². The highest BCUT2D eigenvalue weighted by atomic mass is 16.5. The van der Waals surface area contributed by atoms with Gasteiger partial charge in [0.1, 0.15) is 11.5 Å². The van der Waals surface area contributed by atoms with Crippen LogP contribution in [-0.2, 0) is 9.59 Å². The summed E-state index contributed by atoms with van der Waals surface area (Å²) in [6, 6.07) is 16.9. The van der Waals surface area contributed by atoms with Gasteiger partial charge in [-0.1, -0.05) is 32.0 Å². The first-order valence-corrected chi connectivity index (χ1v) is 13.1. The average molecular weight is 530 g/mol. The van der Waals surface area contributed by atoms with Gasteiger partial charge in [-0.15, -0.1) is 0 Å². The summed E-state index contributed by atoms with van der Waals surface area (Å²) in [5.41, 5.74) is 3.48. The van der Waals surface area contributed by atoms with Crippen molar-refractivity contribution in [3.63, 3.8) is 0 Å². The number of nitrogens with zero attached hydrogens (tertiary/aromatic N) is 1. The number of aliphatic hydroxyl groups is 1. The van der Waals surface area contributed by atoms with E-state index in [4.69, 9.17) is 14.2 Å². The molecule has 1 unspecified atom stereocenters. The maximum Gasteiger partial charge on any atom is 0.300 e. The number of aliphatic hydroxyl groups excluding tert-OH is 1. The number of methoxy groups -OCH3 is 1. The number of hydrogen-bond donors (Lipinski definition) is 1. The first kappa shape index (κ1) is 27.8. The van der Waals surface area contributed by atoms with Crippen molar-refractivity contribution in [1.82, 2.24) is 0 Å². The van der Waals surface area contributed by atoms with Crippen molar-refractivity contribution < 1.29 is 28.9 Å². The molecule has 1 amide bonds. The van der Waals surface area contributed by atoms with Gasteiger partial charge in [-0.25, -0.2) is 0 Å². The molecule has 1 fully saturated rings. The second-order valence-electron chi connectivity index (χ2n) is 9.96. The second kappa shape index (κ2) is 11.6. The lowest BCUT2D eigenvalue weighted by Gasteiger charge is -2.28. The molecule has 1 N–H and O–H groups in total. The van der Waals surface area contributed by atoms with Crippen LogP contribution in [0, 0.1) is 19.8 Å². The molecule has 1 aliphatic rings. The van der Waals surface area contributed by atoms with Crippen molar-refractivity contribution in [3.05, 3.63) is 88.5 Å². The lowest BCUT2D eigenvalue weighted by molar-refractivity contribution is -0.132. The van der Waals surface area contributed by atoms with E-state index in [2.05, 4.69) is 13.8 Å². The molecule has 0 radical (unpaired) electrons. The Morgan fingerprint density at radius 1 is 0.974 bits per heavy atom. The fourth-order valence-electron chi connectivity index (χ4n) is 4.65. The zero-order chi connectivity index (χ0) is 28.3. The maximum absolute atomic E-state index is 13.6. The van der Waals surface area contributed by atoms with Gasteiger partial charge in [0.15, 0.2) is 11.5 Å². The molecule has 0 bridgehead atoms. The predicted molar refractivity (Wildman–Crippen MR) is 152 cm³/mol. The molecule has 39 heavy (non-hydrogen) atoms. The number of anilines is 1. The summed E-state index contributed by atoms with van der Waals surface area (Å²) in [6.45, 7) is 10.8. The van der Waals surface area contributed by atoms with E-state index in [-0.39, 0.29) is 11.3 Å². The molecule has 3 aromatic rings. The topological polar surface area (TPSA) is 85.3 Å². The van der Waals surface area contributed by atoms with E-state index in [1.165, 1.54) is 4.90 Å². The third-order valence-corrected chi connectivity index (χ3v) is 6.79. The monoisotopic (exact) mass is 529 g/mol. The number of benzene rings is 3. The van der Waals surface area contributed by atoms with Crippen molar-refractivity contribution in [1.29, 1.82) is 0 Å². The number of aryl methyl sites for hydroxylation is 1. The molecule has 204 valence electrons. The summed E-state index contributed by atoms with van der Waals surface area (Å²) in [6.07, 6.45) is 0. The van der Waals surface area contributed by atoms with E-state index in [1.807, 2.05) is 39.0 Å². The molecule has 0 spiro atoms. The van der Waals surface area contributed by atoms with Gasteiger partial charge in [0, 0.05) is 11.3 Å². The van der Waals surface area contributed by atoms with Crippen LogP contribution in [0.2, 0.25) is 0 Å². The lowest BCUT2D eigenvalue weighted by atomic mass is 9.94. The molecule has 1 atom stereocenters. The van der Waals surface area contributed by atoms with Crippen LogP contribution in [0.5, 0.6) is 17.2 Å². The number of ketones is 1. The smallest absolute Gasteiger partial charge is 0.300 e. The molecule has 0 aliphatic carbocycles. The summed E-state index contributed by atoms with van der Waals surface area (Å²) < 4.78 is 17.0. The Morgan fingerprint density at radius 3 is 2.33 bits per heavy atom.